The summed E-state index contributed by atoms with van der Waals surface area (Å²) < 4.78 is 7.77. The predicted octanol–water partition coefficient (Wildman–Crippen LogP) is 4.31. The molecular weight excluding hydrogens is 356 g/mol. The average Bonchev–Trinajstić information content (AvgIpc) is 3.14. The molecule has 2 N–H and O–H groups in total. The quantitative estimate of drug-likeness (QED) is 0.572. The van der Waals surface area contributed by atoms with E-state index in [0.29, 0.717) is 27.7 Å². The van der Waals surface area contributed by atoms with Crippen LogP contribution in [0.3, 0.4) is 0 Å². The molecule has 0 spiro atoms. The number of hydrogen-bond acceptors (Lipinski definition) is 4. The molecular formula is C17H13BrN4O. The van der Waals surface area contributed by atoms with Gasteiger partial charge in [0, 0.05) is 0 Å². The first-order valence-electron chi connectivity index (χ1n) is 7.10. The number of rotatable bonds is 2. The molecule has 3 aromatic heterocycles. The number of halogens is 1. The molecule has 0 atom stereocenters. The largest absolute Gasteiger partial charge is 0.446 e. The van der Waals surface area contributed by atoms with Gasteiger partial charge in [-0.3, -0.25) is 0 Å². The van der Waals surface area contributed by atoms with Gasteiger partial charge in [0.05, 0.1) is 0 Å². The van der Waals surface area contributed by atoms with Gasteiger partial charge in [0.2, 0.25) is 5.82 Å². The van der Waals surface area contributed by atoms with Gasteiger partial charge in [-0.2, -0.15) is 4.52 Å². The number of anilines is 1. The molecule has 0 unspecified atom stereocenters. The van der Waals surface area contributed by atoms with E-state index in [1.54, 1.807) is 4.52 Å². The molecule has 0 radical (unpaired) electrons. The molecule has 3 heterocycles. The van der Waals surface area contributed by atoms with Crippen molar-refractivity contribution < 1.29 is 4.42 Å². The summed E-state index contributed by atoms with van der Waals surface area (Å²) in [7, 11) is 0. The number of furan rings is 1. The van der Waals surface area contributed by atoms with Crippen LogP contribution in [0.5, 0.6) is 0 Å². The number of aromatic nitrogens is 3. The number of nitrogens with two attached hydrogens (primary N) is 1. The second-order valence-electron chi connectivity index (χ2n) is 5.29. The molecule has 0 saturated heterocycles. The van der Waals surface area contributed by atoms with Crippen LogP contribution in [-0.2, 0) is 0 Å². The van der Waals surface area contributed by atoms with Gasteiger partial charge in [-0.25, -0.2) is 4.98 Å². The molecule has 0 amide bonds. The summed E-state index contributed by atoms with van der Waals surface area (Å²) in [5.74, 6) is 1.63. The minimum absolute atomic E-state index is 0.504. The maximum atomic E-state index is 6.16. The molecule has 0 aliphatic heterocycles. The summed E-state index contributed by atoms with van der Waals surface area (Å²) >= 11 is 3.28. The molecule has 5 nitrogen and oxygen atoms in total. The van der Waals surface area contributed by atoms with Crippen LogP contribution in [-0.4, -0.2) is 14.6 Å². The number of hydrogen-bond donors (Lipinski definition) is 1. The number of nitrogens with zero attached hydrogens (tertiary/aromatic N) is 3. The van der Waals surface area contributed by atoms with Crippen LogP contribution >= 0.6 is 15.9 Å². The third-order valence-corrected chi connectivity index (χ3v) is 4.14. The lowest BCUT2D eigenvalue weighted by Crippen LogP contribution is -1.99. The Hall–Kier alpha value is -2.60. The van der Waals surface area contributed by atoms with Gasteiger partial charge in [0.15, 0.2) is 16.1 Å². The van der Waals surface area contributed by atoms with E-state index in [1.807, 2.05) is 36.4 Å². The first-order valence-corrected chi connectivity index (χ1v) is 7.89. The van der Waals surface area contributed by atoms with E-state index in [-0.39, 0.29) is 0 Å². The maximum Gasteiger partial charge on any atom is 0.218 e. The van der Waals surface area contributed by atoms with Crippen LogP contribution in [0.25, 0.3) is 28.4 Å². The molecule has 0 aliphatic rings. The number of benzene rings is 1. The van der Waals surface area contributed by atoms with Crippen molar-refractivity contribution in [2.45, 2.75) is 6.92 Å². The molecule has 114 valence electrons. The second-order valence-corrected chi connectivity index (χ2v) is 6.07. The Morgan fingerprint density at radius 2 is 1.96 bits per heavy atom. The number of aryl methyl sites for hydroxylation is 1. The Bertz CT molecular complexity index is 1020. The normalized spacial score (nSPS) is 11.2. The van der Waals surface area contributed by atoms with Gasteiger partial charge in [0.1, 0.15) is 5.82 Å². The van der Waals surface area contributed by atoms with Crippen molar-refractivity contribution in [2.75, 3.05) is 5.73 Å². The van der Waals surface area contributed by atoms with Crippen LogP contribution in [0.4, 0.5) is 5.82 Å². The van der Waals surface area contributed by atoms with Crippen LogP contribution in [0.1, 0.15) is 5.56 Å². The summed E-state index contributed by atoms with van der Waals surface area (Å²) in [6, 6.07) is 15.7. The summed E-state index contributed by atoms with van der Waals surface area (Å²) in [6.45, 7) is 2.07. The molecule has 0 saturated carbocycles. The van der Waals surface area contributed by atoms with Crippen molar-refractivity contribution in [3.63, 3.8) is 0 Å². The molecule has 0 fully saturated rings. The van der Waals surface area contributed by atoms with Crippen molar-refractivity contribution in [1.29, 1.82) is 0 Å². The summed E-state index contributed by atoms with van der Waals surface area (Å²) in [5.41, 5.74) is 10.2. The number of nitrogen functional groups attached to an aromatic ring is 1. The zero-order valence-electron chi connectivity index (χ0n) is 12.3. The third-order valence-electron chi connectivity index (χ3n) is 3.71. The summed E-state index contributed by atoms with van der Waals surface area (Å²) in [5, 5.41) is 4.42. The molecule has 0 aliphatic carbocycles. The van der Waals surface area contributed by atoms with Gasteiger partial charge in [-0.1, -0.05) is 24.3 Å². The van der Waals surface area contributed by atoms with E-state index >= 15 is 0 Å². The van der Waals surface area contributed by atoms with Crippen LogP contribution in [0.15, 0.2) is 57.6 Å². The highest BCUT2D eigenvalue weighted by Gasteiger charge is 2.13. The third kappa shape index (κ3) is 2.41. The fourth-order valence-corrected chi connectivity index (χ4v) is 2.91. The van der Waals surface area contributed by atoms with Crippen LogP contribution in [0, 0.1) is 6.92 Å². The highest BCUT2D eigenvalue weighted by Crippen LogP contribution is 2.28. The zero-order chi connectivity index (χ0) is 16.0. The average molecular weight is 369 g/mol. The lowest BCUT2D eigenvalue weighted by molar-refractivity contribution is 0.551. The van der Waals surface area contributed by atoms with Gasteiger partial charge >= 0.3 is 0 Å². The topological polar surface area (TPSA) is 69.3 Å². The summed E-state index contributed by atoms with van der Waals surface area (Å²) in [6.07, 6.45) is 0. The molecule has 0 bridgehead atoms. The molecule has 1 aromatic carbocycles. The van der Waals surface area contributed by atoms with Gasteiger partial charge in [-0.15, -0.1) is 5.10 Å². The maximum absolute atomic E-state index is 6.16. The summed E-state index contributed by atoms with van der Waals surface area (Å²) in [4.78, 5) is 4.53. The monoisotopic (exact) mass is 368 g/mol. The van der Waals surface area contributed by atoms with E-state index in [9.17, 15) is 0 Å². The zero-order valence-corrected chi connectivity index (χ0v) is 13.9. The molecule has 6 heteroatoms. The minimum Gasteiger partial charge on any atom is -0.446 e. The van der Waals surface area contributed by atoms with Crippen molar-refractivity contribution in [1.82, 2.24) is 14.6 Å². The van der Waals surface area contributed by atoms with Gasteiger partial charge in [-0.05, 0) is 63.8 Å². The molecule has 4 aromatic rings. The Balaban J connectivity index is 1.89. The Labute approximate surface area is 140 Å². The van der Waals surface area contributed by atoms with Crippen molar-refractivity contribution in [3.8, 4) is 22.7 Å². The fourth-order valence-electron chi connectivity index (χ4n) is 2.60. The van der Waals surface area contributed by atoms with Crippen molar-refractivity contribution in [2.24, 2.45) is 0 Å². The first kappa shape index (κ1) is 14.0. The highest BCUT2D eigenvalue weighted by molar-refractivity contribution is 9.10. The smallest absolute Gasteiger partial charge is 0.218 e. The Kier molecular flexibility index (Phi) is 3.20. The number of fused-ring (bicyclic) bond motifs is 1. The molecule has 23 heavy (non-hydrogen) atoms. The Morgan fingerprint density at radius 1 is 1.13 bits per heavy atom. The van der Waals surface area contributed by atoms with Gasteiger partial charge in [0.25, 0.3) is 0 Å². The lowest BCUT2D eigenvalue weighted by Gasteiger charge is -2.07. The predicted molar refractivity (Wildman–Crippen MR) is 93.0 cm³/mol. The first-order chi connectivity index (χ1) is 11.1. The molecule has 4 rings (SSSR count). The lowest BCUT2D eigenvalue weighted by atomic mass is 10.0. The van der Waals surface area contributed by atoms with E-state index < -0.39 is 0 Å². The van der Waals surface area contributed by atoms with E-state index in [1.165, 1.54) is 5.56 Å². The Morgan fingerprint density at radius 3 is 2.70 bits per heavy atom. The van der Waals surface area contributed by atoms with E-state index in [0.717, 1.165) is 11.1 Å². The highest BCUT2D eigenvalue weighted by atomic mass is 79.9. The van der Waals surface area contributed by atoms with E-state index in [4.69, 9.17) is 10.2 Å². The fraction of sp³-hybridized carbons (Fsp3) is 0.0588. The SMILES string of the molecule is Cc1ccccc1-c1cc(N)n2nc(-c3ccc(Br)o3)nc2c1. The number of pyridine rings is 1. The van der Waals surface area contributed by atoms with Crippen LogP contribution < -0.4 is 5.73 Å². The minimum atomic E-state index is 0.504. The standard InChI is InChI=1S/C17H13BrN4O/c1-10-4-2-3-5-12(10)11-8-15(19)22-16(9-11)20-17(21-22)13-6-7-14(18)23-13/h2-9H,19H2,1H3. The van der Waals surface area contributed by atoms with Crippen molar-refractivity contribution >= 4 is 27.4 Å². The van der Waals surface area contributed by atoms with Gasteiger partial charge < -0.3 is 10.2 Å². The second kappa shape index (κ2) is 5.24. The van der Waals surface area contributed by atoms with E-state index in [2.05, 4.69) is 45.1 Å². The van der Waals surface area contributed by atoms with Crippen molar-refractivity contribution in [3.05, 3.63) is 58.8 Å². The van der Waals surface area contributed by atoms with Crippen LogP contribution in [0.2, 0.25) is 0 Å².